The van der Waals surface area contributed by atoms with Gasteiger partial charge in [-0.25, -0.2) is 0 Å². The molecule has 0 aromatic heterocycles. The first kappa shape index (κ1) is 28.7. The Morgan fingerprint density at radius 2 is 1.72 bits per heavy atom. The summed E-state index contributed by atoms with van der Waals surface area (Å²) in [5, 5.41) is 0. The maximum atomic E-state index is 12.6. The normalized spacial score (nSPS) is 38.5. The molecule has 0 spiro atoms. The van der Waals surface area contributed by atoms with Crippen LogP contribution in [0.1, 0.15) is 143 Å². The Hall–Kier alpha value is -0.310. The second-order valence-electron chi connectivity index (χ2n) is 13.5. The molecule has 36 heavy (non-hydrogen) atoms. The van der Waals surface area contributed by atoms with Crippen LogP contribution in [0, 0.1) is 34.5 Å². The second-order valence-corrected chi connectivity index (χ2v) is 14.7. The molecular weight excluding hydrogens is 508 g/mol. The minimum absolute atomic E-state index is 0.0397. The molecule has 8 atom stereocenters. The molecule has 3 heteroatoms. The molecule has 0 unspecified atom stereocenters. The molecule has 4 aliphatic rings. The van der Waals surface area contributed by atoms with E-state index in [1.807, 2.05) is 0 Å². The molecule has 3 saturated carbocycles. The quantitative estimate of drug-likeness (QED) is 0.102. The Labute approximate surface area is 231 Å². The third kappa shape index (κ3) is 5.96. The monoisotopic (exact) mass is 562 g/mol. The van der Waals surface area contributed by atoms with Crippen molar-refractivity contribution in [1.82, 2.24) is 0 Å². The number of carbonyl (C=O) groups is 1. The molecule has 3 fully saturated rings. The van der Waals surface area contributed by atoms with Crippen molar-refractivity contribution in [3.05, 3.63) is 11.6 Å². The topological polar surface area (TPSA) is 26.3 Å². The minimum Gasteiger partial charge on any atom is -0.461 e. The van der Waals surface area contributed by atoms with Gasteiger partial charge in [-0.15, -0.1) is 0 Å². The van der Waals surface area contributed by atoms with Crippen LogP contribution >= 0.6 is 15.9 Å². The Morgan fingerprint density at radius 3 is 2.50 bits per heavy atom. The van der Waals surface area contributed by atoms with Crippen LogP contribution in [0.2, 0.25) is 0 Å². The van der Waals surface area contributed by atoms with Gasteiger partial charge in [-0.2, -0.15) is 0 Å². The summed E-state index contributed by atoms with van der Waals surface area (Å²) in [6.07, 6.45) is 26.1. The van der Waals surface area contributed by atoms with Gasteiger partial charge < -0.3 is 4.74 Å². The van der Waals surface area contributed by atoms with E-state index in [0.29, 0.717) is 10.8 Å². The number of unbranched alkanes of at least 4 members (excludes halogenated alkanes) is 6. The molecule has 2 nitrogen and oxygen atoms in total. The molecule has 4 aliphatic carbocycles. The number of esters is 1. The molecule has 0 bridgehead atoms. The van der Waals surface area contributed by atoms with Crippen molar-refractivity contribution in [2.24, 2.45) is 34.5 Å². The average Bonchev–Trinajstić information content (AvgIpc) is 3.21. The Kier molecular flexibility index (Phi) is 10.1. The first-order valence-electron chi connectivity index (χ1n) is 15.9. The fourth-order valence-electron chi connectivity index (χ4n) is 9.22. The summed E-state index contributed by atoms with van der Waals surface area (Å²) >= 11 is 3.57. The number of alkyl halides is 1. The van der Waals surface area contributed by atoms with E-state index in [1.54, 1.807) is 5.57 Å². The molecule has 0 aliphatic heterocycles. The molecule has 0 saturated heterocycles. The van der Waals surface area contributed by atoms with E-state index in [9.17, 15) is 4.79 Å². The standard InChI is InChI=1S/C33H55BrO2/c1-5-7-9-10-11-12-13-24-16-18-28-27-17-15-25-23-26(36-31(35)30(34)14-8-6-2)19-21-33(25,4)29(27)20-22-32(24,28)3/h15,24,26-30H,5-14,16-23H2,1-4H3/t24-,26+,27+,28-,29-,30-,32-,33+/m1/s1. The maximum Gasteiger partial charge on any atom is 0.320 e. The van der Waals surface area contributed by atoms with Crippen LogP contribution in [0.25, 0.3) is 0 Å². The summed E-state index contributed by atoms with van der Waals surface area (Å²) in [6, 6.07) is 0. The predicted molar refractivity (Wildman–Crippen MR) is 155 cm³/mol. The Bertz CT molecular complexity index is 761. The summed E-state index contributed by atoms with van der Waals surface area (Å²) in [4.78, 5) is 12.5. The fraction of sp³-hybridized carbons (Fsp3) is 0.909. The lowest BCUT2D eigenvalue weighted by Gasteiger charge is -2.58. The van der Waals surface area contributed by atoms with Crippen LogP contribution in [0.4, 0.5) is 0 Å². The van der Waals surface area contributed by atoms with Gasteiger partial charge in [-0.1, -0.05) is 107 Å². The van der Waals surface area contributed by atoms with Gasteiger partial charge in [0.15, 0.2) is 0 Å². The first-order valence-corrected chi connectivity index (χ1v) is 16.8. The zero-order valence-electron chi connectivity index (χ0n) is 24.0. The number of halogens is 1. The maximum absolute atomic E-state index is 12.6. The third-order valence-corrected chi connectivity index (χ3v) is 12.3. The SMILES string of the molecule is CCCCCCCC[C@@H]1CC[C@@H]2[C@@H]3CC=C4C[C@@H](OC(=O)[C@H](Br)CCCC)CC[C@]4(C)[C@@H]3CC[C@]12C. The summed E-state index contributed by atoms with van der Waals surface area (Å²) < 4.78 is 6.02. The van der Waals surface area contributed by atoms with Gasteiger partial charge in [0.1, 0.15) is 10.9 Å². The highest BCUT2D eigenvalue weighted by atomic mass is 79.9. The molecule has 0 N–H and O–H groups in total. The highest BCUT2D eigenvalue weighted by Crippen LogP contribution is 2.66. The number of fused-ring (bicyclic) bond motifs is 5. The highest BCUT2D eigenvalue weighted by molar-refractivity contribution is 9.10. The van der Waals surface area contributed by atoms with E-state index in [2.05, 4.69) is 49.7 Å². The fourth-order valence-corrected chi connectivity index (χ4v) is 9.65. The Morgan fingerprint density at radius 1 is 0.972 bits per heavy atom. The first-order chi connectivity index (χ1) is 17.3. The number of rotatable bonds is 12. The molecule has 0 radical (unpaired) electrons. The van der Waals surface area contributed by atoms with Gasteiger partial charge in [-0.05, 0) is 92.3 Å². The Balaban J connectivity index is 1.34. The molecular formula is C33H55BrO2. The average molecular weight is 564 g/mol. The van der Waals surface area contributed by atoms with Gasteiger partial charge in [0.05, 0.1) is 0 Å². The van der Waals surface area contributed by atoms with Gasteiger partial charge in [0, 0.05) is 6.42 Å². The molecule has 0 amide bonds. The van der Waals surface area contributed by atoms with Crippen molar-refractivity contribution in [2.75, 3.05) is 0 Å². The van der Waals surface area contributed by atoms with Crippen molar-refractivity contribution < 1.29 is 9.53 Å². The van der Waals surface area contributed by atoms with Crippen LogP contribution in [0.3, 0.4) is 0 Å². The van der Waals surface area contributed by atoms with Gasteiger partial charge in [0.25, 0.3) is 0 Å². The minimum atomic E-state index is -0.141. The van der Waals surface area contributed by atoms with Crippen LogP contribution in [0.5, 0.6) is 0 Å². The van der Waals surface area contributed by atoms with E-state index in [4.69, 9.17) is 4.74 Å². The lowest BCUT2D eigenvalue weighted by atomic mass is 9.47. The van der Waals surface area contributed by atoms with Gasteiger partial charge >= 0.3 is 5.97 Å². The van der Waals surface area contributed by atoms with Crippen LogP contribution in [-0.4, -0.2) is 16.9 Å². The van der Waals surface area contributed by atoms with Crippen LogP contribution in [-0.2, 0) is 9.53 Å². The molecule has 0 aromatic carbocycles. The van der Waals surface area contributed by atoms with Crippen molar-refractivity contribution >= 4 is 21.9 Å². The smallest absolute Gasteiger partial charge is 0.320 e. The molecule has 206 valence electrons. The number of allylic oxidation sites excluding steroid dienone is 1. The van der Waals surface area contributed by atoms with Gasteiger partial charge in [-0.3, -0.25) is 4.79 Å². The van der Waals surface area contributed by atoms with E-state index >= 15 is 0 Å². The van der Waals surface area contributed by atoms with Gasteiger partial charge in [0.2, 0.25) is 0 Å². The van der Waals surface area contributed by atoms with Crippen molar-refractivity contribution in [3.8, 4) is 0 Å². The number of ether oxygens (including phenoxy) is 1. The number of hydrogen-bond donors (Lipinski definition) is 0. The number of hydrogen-bond acceptors (Lipinski definition) is 2. The summed E-state index contributed by atoms with van der Waals surface area (Å²) in [7, 11) is 0. The van der Waals surface area contributed by atoms with E-state index in [1.165, 1.54) is 83.5 Å². The van der Waals surface area contributed by atoms with E-state index in [-0.39, 0.29) is 16.9 Å². The lowest BCUT2D eigenvalue weighted by molar-refractivity contribution is -0.150. The van der Waals surface area contributed by atoms with Crippen LogP contribution < -0.4 is 0 Å². The summed E-state index contributed by atoms with van der Waals surface area (Å²) in [5.74, 6) is 3.58. The van der Waals surface area contributed by atoms with Crippen molar-refractivity contribution in [2.45, 2.75) is 154 Å². The highest BCUT2D eigenvalue weighted by Gasteiger charge is 2.58. The lowest BCUT2D eigenvalue weighted by Crippen LogP contribution is -2.50. The number of carbonyl (C=O) groups excluding carboxylic acids is 1. The molecule has 4 rings (SSSR count). The van der Waals surface area contributed by atoms with Crippen molar-refractivity contribution in [1.29, 1.82) is 0 Å². The summed E-state index contributed by atoms with van der Waals surface area (Å²) in [5.41, 5.74) is 2.54. The molecule has 0 heterocycles. The molecule has 0 aromatic rings. The zero-order chi connectivity index (χ0) is 25.8. The largest absolute Gasteiger partial charge is 0.461 e. The third-order valence-electron chi connectivity index (χ3n) is 11.5. The summed E-state index contributed by atoms with van der Waals surface area (Å²) in [6.45, 7) is 9.75. The zero-order valence-corrected chi connectivity index (χ0v) is 25.5. The predicted octanol–water partition coefficient (Wildman–Crippen LogP) is 10.2. The van der Waals surface area contributed by atoms with E-state index < -0.39 is 0 Å². The van der Waals surface area contributed by atoms with Crippen molar-refractivity contribution in [3.63, 3.8) is 0 Å². The second kappa shape index (κ2) is 12.7. The van der Waals surface area contributed by atoms with Crippen LogP contribution in [0.15, 0.2) is 11.6 Å². The van der Waals surface area contributed by atoms with E-state index in [0.717, 1.165) is 55.8 Å².